The minimum Gasteiger partial charge on any atom is -0.464 e. The van der Waals surface area contributed by atoms with Crippen molar-refractivity contribution in [1.29, 1.82) is 0 Å². The van der Waals surface area contributed by atoms with Gasteiger partial charge in [0.05, 0.1) is 7.11 Å². The van der Waals surface area contributed by atoms with E-state index in [4.69, 9.17) is 0 Å². The van der Waals surface area contributed by atoms with Gasteiger partial charge in [0, 0.05) is 18.3 Å². The lowest BCUT2D eigenvalue weighted by Gasteiger charge is -1.95. The lowest BCUT2D eigenvalue weighted by Crippen LogP contribution is -2.08. The number of aromatic nitrogens is 1. The van der Waals surface area contributed by atoms with Gasteiger partial charge in [-0.1, -0.05) is 0 Å². The molecule has 0 aliphatic heterocycles. The van der Waals surface area contributed by atoms with E-state index >= 15 is 0 Å². The number of nitrogens with one attached hydrogen (secondary N) is 1. The Kier molecular flexibility index (Phi) is 2.06. The molecule has 0 unspecified atom stereocenters. The molecule has 58 valence electrons. The van der Waals surface area contributed by atoms with E-state index in [2.05, 4.69) is 9.72 Å². The van der Waals surface area contributed by atoms with E-state index in [0.717, 1.165) is 0 Å². The monoisotopic (exact) mass is 153 g/mol. The van der Waals surface area contributed by atoms with E-state index in [-0.39, 0.29) is 11.1 Å². The minimum absolute atomic E-state index is 0.167. The van der Waals surface area contributed by atoms with Crippen LogP contribution in [0.15, 0.2) is 23.1 Å². The molecule has 1 N–H and O–H groups in total. The normalized spacial score (nSPS) is 9.18. The van der Waals surface area contributed by atoms with E-state index in [9.17, 15) is 9.59 Å². The SMILES string of the molecule is COC(=O)c1cc(=O)cc[nH]1. The molecule has 0 aliphatic carbocycles. The molecule has 4 heteroatoms. The maximum absolute atomic E-state index is 10.8. The Balaban J connectivity index is 3.05. The van der Waals surface area contributed by atoms with Crippen LogP contribution in [0.4, 0.5) is 0 Å². The van der Waals surface area contributed by atoms with Crippen LogP contribution in [-0.4, -0.2) is 18.1 Å². The van der Waals surface area contributed by atoms with Gasteiger partial charge in [-0.05, 0) is 0 Å². The van der Waals surface area contributed by atoms with Gasteiger partial charge in [-0.15, -0.1) is 0 Å². The molecule has 0 amide bonds. The van der Waals surface area contributed by atoms with Crippen LogP contribution in [0.5, 0.6) is 0 Å². The van der Waals surface area contributed by atoms with Gasteiger partial charge in [0.25, 0.3) is 0 Å². The second kappa shape index (κ2) is 3.01. The molecule has 0 aromatic carbocycles. The average Bonchev–Trinajstić information content (AvgIpc) is 2.03. The highest BCUT2D eigenvalue weighted by molar-refractivity contribution is 5.86. The van der Waals surface area contributed by atoms with Crippen LogP contribution in [0.3, 0.4) is 0 Å². The average molecular weight is 153 g/mol. The lowest BCUT2D eigenvalue weighted by molar-refractivity contribution is 0.0594. The van der Waals surface area contributed by atoms with Crippen LogP contribution in [-0.2, 0) is 4.74 Å². The third-order valence-corrected chi connectivity index (χ3v) is 1.18. The smallest absolute Gasteiger partial charge is 0.354 e. The quantitative estimate of drug-likeness (QED) is 0.584. The van der Waals surface area contributed by atoms with Crippen LogP contribution in [0.25, 0.3) is 0 Å². The number of H-pyrrole nitrogens is 1. The number of hydrogen-bond donors (Lipinski definition) is 1. The van der Waals surface area contributed by atoms with Crippen molar-refractivity contribution in [2.45, 2.75) is 0 Å². The molecule has 0 fully saturated rings. The number of esters is 1. The van der Waals surface area contributed by atoms with Crippen LogP contribution >= 0.6 is 0 Å². The molecule has 0 spiro atoms. The van der Waals surface area contributed by atoms with Crippen molar-refractivity contribution < 1.29 is 9.53 Å². The predicted molar refractivity (Wildman–Crippen MR) is 38.4 cm³/mol. The molecule has 11 heavy (non-hydrogen) atoms. The molecule has 1 aromatic heterocycles. The number of ether oxygens (including phenoxy) is 1. The molecular weight excluding hydrogens is 146 g/mol. The number of hydrogen-bond acceptors (Lipinski definition) is 3. The van der Waals surface area contributed by atoms with Crippen molar-refractivity contribution >= 4 is 5.97 Å². The highest BCUT2D eigenvalue weighted by Gasteiger charge is 2.03. The first-order chi connectivity index (χ1) is 5.24. The molecule has 0 bridgehead atoms. The zero-order valence-electron chi connectivity index (χ0n) is 5.96. The van der Waals surface area contributed by atoms with E-state index in [1.54, 1.807) is 0 Å². The predicted octanol–water partition coefficient (Wildman–Crippen LogP) is 0.162. The highest BCUT2D eigenvalue weighted by atomic mass is 16.5. The zero-order valence-corrected chi connectivity index (χ0v) is 5.96. The highest BCUT2D eigenvalue weighted by Crippen LogP contribution is 1.90. The Morgan fingerprint density at radius 2 is 2.36 bits per heavy atom. The largest absolute Gasteiger partial charge is 0.464 e. The Labute approximate surface area is 62.8 Å². The summed E-state index contributed by atoms with van der Waals surface area (Å²) in [5.41, 5.74) is -0.0517. The second-order valence-electron chi connectivity index (χ2n) is 1.93. The summed E-state index contributed by atoms with van der Waals surface area (Å²) in [6, 6.07) is 2.51. The van der Waals surface area contributed by atoms with Crippen molar-refractivity contribution in [2.24, 2.45) is 0 Å². The van der Waals surface area contributed by atoms with Gasteiger partial charge >= 0.3 is 5.97 Å². The van der Waals surface area contributed by atoms with Gasteiger partial charge in [0.15, 0.2) is 5.43 Å². The van der Waals surface area contributed by atoms with Gasteiger partial charge in [-0.25, -0.2) is 4.79 Å². The van der Waals surface area contributed by atoms with Crippen molar-refractivity contribution in [1.82, 2.24) is 4.98 Å². The number of rotatable bonds is 1. The van der Waals surface area contributed by atoms with Gasteiger partial charge in [-0.3, -0.25) is 4.79 Å². The van der Waals surface area contributed by atoms with Crippen LogP contribution in [0.2, 0.25) is 0 Å². The van der Waals surface area contributed by atoms with E-state index < -0.39 is 5.97 Å². The molecule has 0 atom stereocenters. The lowest BCUT2D eigenvalue weighted by atomic mass is 10.3. The number of aromatic amines is 1. The first-order valence-electron chi connectivity index (χ1n) is 3.01. The van der Waals surface area contributed by atoms with Gasteiger partial charge < -0.3 is 9.72 Å². The summed E-state index contributed by atoms with van der Waals surface area (Å²) in [6.07, 6.45) is 1.40. The third-order valence-electron chi connectivity index (χ3n) is 1.18. The number of carbonyl (C=O) groups is 1. The maximum Gasteiger partial charge on any atom is 0.354 e. The van der Waals surface area contributed by atoms with Crippen LogP contribution < -0.4 is 5.43 Å². The van der Waals surface area contributed by atoms with Crippen molar-refractivity contribution in [3.05, 3.63) is 34.2 Å². The van der Waals surface area contributed by atoms with Crippen molar-refractivity contribution in [2.75, 3.05) is 7.11 Å². The fraction of sp³-hybridized carbons (Fsp3) is 0.143. The summed E-state index contributed by atoms with van der Waals surface area (Å²) in [4.78, 5) is 24.0. The third kappa shape index (κ3) is 1.67. The number of methoxy groups -OCH3 is 1. The fourth-order valence-electron chi connectivity index (χ4n) is 0.673. The molecule has 4 nitrogen and oxygen atoms in total. The summed E-state index contributed by atoms with van der Waals surface area (Å²) in [5, 5.41) is 0. The van der Waals surface area contributed by atoms with Gasteiger partial charge in [0.2, 0.25) is 0 Å². The minimum atomic E-state index is -0.539. The Hall–Kier alpha value is -1.58. The van der Waals surface area contributed by atoms with Crippen molar-refractivity contribution in [3.63, 3.8) is 0 Å². The van der Waals surface area contributed by atoms with E-state index in [0.29, 0.717) is 0 Å². The number of carbonyl (C=O) groups excluding carboxylic acids is 1. The molecule has 0 saturated heterocycles. The second-order valence-corrected chi connectivity index (χ2v) is 1.93. The first kappa shape index (κ1) is 7.53. The standard InChI is InChI=1S/C7H7NO3/c1-11-7(10)6-4-5(9)2-3-8-6/h2-4H,1H3,(H,8,9). The molecule has 0 radical (unpaired) electrons. The Morgan fingerprint density at radius 3 is 2.91 bits per heavy atom. The number of pyridine rings is 1. The van der Waals surface area contributed by atoms with E-state index in [1.165, 1.54) is 25.4 Å². The zero-order chi connectivity index (χ0) is 8.27. The molecule has 1 heterocycles. The Bertz CT molecular complexity index is 315. The molecule has 1 aromatic rings. The summed E-state index contributed by atoms with van der Waals surface area (Å²) in [7, 11) is 1.26. The van der Waals surface area contributed by atoms with Crippen molar-refractivity contribution in [3.8, 4) is 0 Å². The fourth-order valence-corrected chi connectivity index (χ4v) is 0.673. The summed E-state index contributed by atoms with van der Waals surface area (Å²) < 4.78 is 4.38. The molecular formula is C7H7NO3. The first-order valence-corrected chi connectivity index (χ1v) is 3.01. The summed E-state index contributed by atoms with van der Waals surface area (Å²) in [5.74, 6) is -0.539. The summed E-state index contributed by atoms with van der Waals surface area (Å²) >= 11 is 0. The van der Waals surface area contributed by atoms with Crippen LogP contribution in [0, 0.1) is 0 Å². The Morgan fingerprint density at radius 1 is 1.64 bits per heavy atom. The maximum atomic E-state index is 10.8. The molecule has 0 aliphatic rings. The van der Waals surface area contributed by atoms with Crippen LogP contribution in [0.1, 0.15) is 10.5 Å². The molecule has 1 rings (SSSR count). The van der Waals surface area contributed by atoms with Gasteiger partial charge in [-0.2, -0.15) is 0 Å². The van der Waals surface area contributed by atoms with E-state index in [1.807, 2.05) is 0 Å². The van der Waals surface area contributed by atoms with Gasteiger partial charge in [0.1, 0.15) is 5.69 Å². The summed E-state index contributed by atoms with van der Waals surface area (Å²) in [6.45, 7) is 0. The topological polar surface area (TPSA) is 59.2 Å². The molecule has 0 saturated carbocycles.